The van der Waals surface area contributed by atoms with Gasteiger partial charge < -0.3 is 9.73 Å². The Balaban J connectivity index is 1.91. The van der Waals surface area contributed by atoms with Crippen molar-refractivity contribution in [1.82, 2.24) is 0 Å². The van der Waals surface area contributed by atoms with Gasteiger partial charge in [-0.3, -0.25) is 4.79 Å². The Morgan fingerprint density at radius 2 is 1.82 bits per heavy atom. The van der Waals surface area contributed by atoms with E-state index in [1.54, 1.807) is 0 Å². The van der Waals surface area contributed by atoms with Crippen molar-refractivity contribution in [1.29, 1.82) is 0 Å². The Kier molecular flexibility index (Phi) is 3.80. The lowest BCUT2D eigenvalue weighted by atomic mass is 9.91. The maximum atomic E-state index is 12.3. The van der Waals surface area contributed by atoms with Crippen LogP contribution in [0.25, 0.3) is 11.1 Å². The lowest BCUT2D eigenvalue weighted by molar-refractivity contribution is -0.144. The number of benzene rings is 2. The van der Waals surface area contributed by atoms with Gasteiger partial charge in [-0.25, -0.2) is 0 Å². The molecule has 2 unspecified atom stereocenters. The Morgan fingerprint density at radius 1 is 1.18 bits per heavy atom. The van der Waals surface area contributed by atoms with Crippen LogP contribution in [0.1, 0.15) is 12.0 Å². The van der Waals surface area contributed by atoms with Gasteiger partial charge in [0.2, 0.25) is 0 Å². The van der Waals surface area contributed by atoms with Crippen molar-refractivity contribution in [2.45, 2.75) is 11.8 Å². The Bertz CT molecular complexity index is 678. The number of hydrogen-bond acceptors (Lipinski definition) is 3. The average molecular weight is 293 g/mol. The Hall–Kier alpha value is -2.42. The summed E-state index contributed by atoms with van der Waals surface area (Å²) in [5, 5.41) is 0. The van der Waals surface area contributed by atoms with E-state index < -0.39 is 5.41 Å². The van der Waals surface area contributed by atoms with E-state index in [0.29, 0.717) is 6.54 Å². The topological polar surface area (TPSA) is 38.7 Å². The van der Waals surface area contributed by atoms with Crippen LogP contribution in [0.3, 0.4) is 0 Å². The highest BCUT2D eigenvalue weighted by Crippen LogP contribution is 2.55. The zero-order valence-corrected chi connectivity index (χ0v) is 12.7. The molecule has 0 bridgehead atoms. The van der Waals surface area contributed by atoms with Crippen LogP contribution >= 0.6 is 0 Å². The molecule has 112 valence electrons. The fourth-order valence-electron chi connectivity index (χ4n) is 3.20. The summed E-state index contributed by atoms with van der Waals surface area (Å²) in [6.45, 7) is 4.13. The van der Waals surface area contributed by atoms with Gasteiger partial charge in [-0.05, 0) is 29.8 Å². The molecule has 1 aliphatic rings. The smallest absolute Gasteiger partial charge is 0.316 e. The minimum absolute atomic E-state index is 0.173. The molecular formula is C19H19NO2. The molecular weight excluding hydrogens is 274 g/mol. The van der Waals surface area contributed by atoms with E-state index in [2.05, 4.69) is 36.0 Å². The molecule has 0 saturated heterocycles. The van der Waals surface area contributed by atoms with Crippen molar-refractivity contribution in [2.75, 3.05) is 13.7 Å². The van der Waals surface area contributed by atoms with Crippen LogP contribution in [0.4, 0.5) is 0 Å². The van der Waals surface area contributed by atoms with Crippen molar-refractivity contribution >= 4 is 12.7 Å². The van der Waals surface area contributed by atoms with Crippen LogP contribution in [-0.2, 0) is 14.9 Å². The van der Waals surface area contributed by atoms with Crippen molar-refractivity contribution < 1.29 is 9.53 Å². The molecule has 3 nitrogen and oxygen atoms in total. The van der Waals surface area contributed by atoms with E-state index in [1.807, 2.05) is 30.3 Å². The first-order valence-corrected chi connectivity index (χ1v) is 7.39. The standard InChI is InChI=1S/C19H19NO2/c1-20-13-17-12-19(17,18(21)22-2)16-10-8-15(9-11-16)14-6-4-3-5-7-14/h3-11,17H,1,12-13H2,2H3. The molecule has 0 aromatic heterocycles. The number of nitrogens with zero attached hydrogens (tertiary/aromatic N) is 1. The summed E-state index contributed by atoms with van der Waals surface area (Å²) in [6.07, 6.45) is 0.781. The van der Waals surface area contributed by atoms with Gasteiger partial charge in [0.15, 0.2) is 0 Å². The molecule has 0 heterocycles. The fourth-order valence-corrected chi connectivity index (χ4v) is 3.20. The second kappa shape index (κ2) is 5.76. The number of aliphatic imine (C=N–C) groups is 1. The minimum Gasteiger partial charge on any atom is -0.468 e. The SMILES string of the molecule is C=NCC1CC1(C(=O)OC)c1ccc(-c2ccccc2)cc1. The largest absolute Gasteiger partial charge is 0.468 e. The van der Waals surface area contributed by atoms with Crippen LogP contribution < -0.4 is 0 Å². The molecule has 1 saturated carbocycles. The lowest BCUT2D eigenvalue weighted by Gasteiger charge is -2.15. The van der Waals surface area contributed by atoms with Gasteiger partial charge in [0, 0.05) is 12.5 Å². The third kappa shape index (κ3) is 2.33. The van der Waals surface area contributed by atoms with Gasteiger partial charge >= 0.3 is 5.97 Å². The number of rotatable bonds is 5. The van der Waals surface area contributed by atoms with Crippen LogP contribution in [0.2, 0.25) is 0 Å². The van der Waals surface area contributed by atoms with Crippen LogP contribution in [0.5, 0.6) is 0 Å². The van der Waals surface area contributed by atoms with Crippen LogP contribution in [-0.4, -0.2) is 26.3 Å². The zero-order chi connectivity index (χ0) is 15.6. The van der Waals surface area contributed by atoms with Gasteiger partial charge in [0.05, 0.1) is 12.5 Å². The van der Waals surface area contributed by atoms with Crippen molar-refractivity contribution in [3.8, 4) is 11.1 Å². The first-order valence-electron chi connectivity index (χ1n) is 7.39. The van der Waals surface area contributed by atoms with Crippen molar-refractivity contribution in [2.24, 2.45) is 10.9 Å². The summed E-state index contributed by atoms with van der Waals surface area (Å²) in [4.78, 5) is 16.2. The number of carbonyl (C=O) groups excluding carboxylic acids is 1. The highest BCUT2D eigenvalue weighted by molar-refractivity contribution is 5.87. The zero-order valence-electron chi connectivity index (χ0n) is 12.7. The molecule has 3 heteroatoms. The highest BCUT2D eigenvalue weighted by Gasteiger charge is 2.61. The predicted molar refractivity (Wildman–Crippen MR) is 88.1 cm³/mol. The van der Waals surface area contributed by atoms with Gasteiger partial charge in [-0.15, -0.1) is 0 Å². The van der Waals surface area contributed by atoms with Crippen LogP contribution in [0, 0.1) is 5.92 Å². The molecule has 2 aromatic rings. The maximum Gasteiger partial charge on any atom is 0.316 e. The third-order valence-corrected chi connectivity index (χ3v) is 4.51. The van der Waals surface area contributed by atoms with E-state index in [4.69, 9.17) is 4.74 Å². The van der Waals surface area contributed by atoms with E-state index in [-0.39, 0.29) is 11.9 Å². The van der Waals surface area contributed by atoms with Gasteiger partial charge in [-0.1, -0.05) is 54.6 Å². The number of methoxy groups -OCH3 is 1. The molecule has 0 amide bonds. The molecule has 3 rings (SSSR count). The summed E-state index contributed by atoms with van der Waals surface area (Å²) < 4.78 is 5.02. The first kappa shape index (κ1) is 14.5. The number of carbonyl (C=O) groups is 1. The molecule has 1 fully saturated rings. The number of ether oxygens (including phenoxy) is 1. The molecule has 0 N–H and O–H groups in total. The molecule has 2 atom stereocenters. The minimum atomic E-state index is -0.537. The molecule has 0 radical (unpaired) electrons. The van der Waals surface area contributed by atoms with E-state index in [1.165, 1.54) is 12.7 Å². The van der Waals surface area contributed by atoms with Crippen molar-refractivity contribution in [3.63, 3.8) is 0 Å². The summed E-state index contributed by atoms with van der Waals surface area (Å²) in [5.74, 6) is 0.0219. The van der Waals surface area contributed by atoms with Crippen LogP contribution in [0.15, 0.2) is 59.6 Å². The van der Waals surface area contributed by atoms with E-state index in [9.17, 15) is 4.79 Å². The van der Waals surface area contributed by atoms with Crippen molar-refractivity contribution in [3.05, 3.63) is 60.2 Å². The lowest BCUT2D eigenvalue weighted by Crippen LogP contribution is -2.25. The number of hydrogen-bond donors (Lipinski definition) is 0. The molecule has 22 heavy (non-hydrogen) atoms. The Morgan fingerprint density at radius 3 is 2.41 bits per heavy atom. The molecule has 1 aliphatic carbocycles. The third-order valence-electron chi connectivity index (χ3n) is 4.51. The van der Waals surface area contributed by atoms with E-state index in [0.717, 1.165) is 17.5 Å². The summed E-state index contributed by atoms with van der Waals surface area (Å²) >= 11 is 0. The molecule has 2 aromatic carbocycles. The predicted octanol–water partition coefficient (Wildman–Crippen LogP) is 3.48. The van der Waals surface area contributed by atoms with Gasteiger partial charge in [0.1, 0.15) is 0 Å². The van der Waals surface area contributed by atoms with Gasteiger partial charge in [0.25, 0.3) is 0 Å². The van der Waals surface area contributed by atoms with Gasteiger partial charge in [-0.2, -0.15) is 0 Å². The number of esters is 1. The quantitative estimate of drug-likeness (QED) is 0.625. The summed E-state index contributed by atoms with van der Waals surface area (Å²) in [5.41, 5.74) is 2.78. The fraction of sp³-hybridized carbons (Fsp3) is 0.263. The van der Waals surface area contributed by atoms with E-state index >= 15 is 0 Å². The maximum absolute atomic E-state index is 12.3. The normalized spacial score (nSPS) is 22.9. The Labute approximate surface area is 130 Å². The second-order valence-electron chi connectivity index (χ2n) is 5.71. The molecule has 0 spiro atoms. The summed E-state index contributed by atoms with van der Waals surface area (Å²) in [7, 11) is 1.44. The molecule has 0 aliphatic heterocycles. The average Bonchev–Trinajstić information content (AvgIpc) is 3.31. The monoisotopic (exact) mass is 293 g/mol. The first-order chi connectivity index (χ1) is 10.7. The summed E-state index contributed by atoms with van der Waals surface area (Å²) in [6, 6.07) is 18.4. The second-order valence-corrected chi connectivity index (χ2v) is 5.71. The highest BCUT2D eigenvalue weighted by atomic mass is 16.5.